The Hall–Kier alpha value is -2.82. The number of carbonyl (C=O) groups is 1. The molecule has 0 saturated heterocycles. The molecule has 2 amide bonds. The minimum Gasteiger partial charge on any atom is -0.399 e. The van der Waals surface area contributed by atoms with E-state index in [4.69, 9.17) is 10.8 Å². The molecule has 2 aliphatic carbocycles. The molecule has 0 bridgehead atoms. The van der Waals surface area contributed by atoms with Gasteiger partial charge in [0.1, 0.15) is 0 Å². The first kappa shape index (κ1) is 24.9. The third-order valence-electron chi connectivity index (χ3n) is 8.36. The maximum Gasteiger partial charge on any atom is 0.349 e. The standard InChI is InChI=1S/C31H42N4O/c1-21-10-9-13-26-27(22-11-7-6-8-12-22)33-35(25-18-30(2,3)20-31(4,5)19-25)29(36)34(28(21)26)24-16-14-23(32)15-17-24/h9-10,13-17,22,25H,6-8,11-12,18-20,32H2,1-5H3. The summed E-state index contributed by atoms with van der Waals surface area (Å²) in [7, 11) is 0. The lowest BCUT2D eigenvalue weighted by Crippen LogP contribution is -2.49. The van der Waals surface area contributed by atoms with Gasteiger partial charge in [0.15, 0.2) is 0 Å². The van der Waals surface area contributed by atoms with Crippen LogP contribution in [0.2, 0.25) is 0 Å². The number of aryl methyl sites for hydroxylation is 1. The first-order valence-electron chi connectivity index (χ1n) is 13.7. The van der Waals surface area contributed by atoms with Crippen LogP contribution in [-0.2, 0) is 0 Å². The van der Waals surface area contributed by atoms with Gasteiger partial charge in [-0.15, -0.1) is 0 Å². The van der Waals surface area contributed by atoms with Crippen molar-refractivity contribution in [2.45, 2.75) is 92.0 Å². The Bertz CT molecular complexity index is 1140. The van der Waals surface area contributed by atoms with E-state index in [1.807, 2.05) is 34.2 Å². The monoisotopic (exact) mass is 486 g/mol. The predicted molar refractivity (Wildman–Crippen MR) is 150 cm³/mol. The highest BCUT2D eigenvalue weighted by molar-refractivity contribution is 6.14. The molecule has 5 nitrogen and oxygen atoms in total. The van der Waals surface area contributed by atoms with E-state index in [0.29, 0.717) is 11.6 Å². The van der Waals surface area contributed by atoms with Crippen LogP contribution >= 0.6 is 0 Å². The van der Waals surface area contributed by atoms with Crippen LogP contribution in [0.3, 0.4) is 0 Å². The summed E-state index contributed by atoms with van der Waals surface area (Å²) < 4.78 is 0. The smallest absolute Gasteiger partial charge is 0.349 e. The normalized spacial score (nSPS) is 22.7. The van der Waals surface area contributed by atoms with Crippen LogP contribution in [0.25, 0.3) is 0 Å². The van der Waals surface area contributed by atoms with Gasteiger partial charge < -0.3 is 5.73 Å². The fourth-order valence-corrected chi connectivity index (χ4v) is 7.31. The molecule has 1 aliphatic heterocycles. The Morgan fingerprint density at radius 2 is 1.56 bits per heavy atom. The predicted octanol–water partition coefficient (Wildman–Crippen LogP) is 8.04. The van der Waals surface area contributed by atoms with E-state index in [1.165, 1.54) is 19.3 Å². The van der Waals surface area contributed by atoms with E-state index in [-0.39, 0.29) is 22.9 Å². The fraction of sp³-hybridized carbons (Fsp3) is 0.548. The minimum absolute atomic E-state index is 0.0559. The highest BCUT2D eigenvalue weighted by atomic mass is 16.2. The number of carbonyl (C=O) groups excluding carboxylic acids is 1. The second-order valence-corrected chi connectivity index (χ2v) is 12.9. The first-order chi connectivity index (χ1) is 17.0. The number of benzene rings is 2. The average Bonchev–Trinajstić information content (AvgIpc) is 2.93. The zero-order chi connectivity index (χ0) is 25.7. The molecular weight excluding hydrogens is 444 g/mol. The van der Waals surface area contributed by atoms with Crippen molar-refractivity contribution in [2.24, 2.45) is 21.8 Å². The Kier molecular flexibility index (Phi) is 6.38. The Morgan fingerprint density at radius 3 is 2.19 bits per heavy atom. The molecule has 3 aliphatic rings. The van der Waals surface area contributed by atoms with Crippen LogP contribution < -0.4 is 10.6 Å². The molecule has 192 valence electrons. The lowest BCUT2D eigenvalue weighted by Gasteiger charge is -2.47. The van der Waals surface area contributed by atoms with Gasteiger partial charge >= 0.3 is 6.03 Å². The molecule has 2 N–H and O–H groups in total. The van der Waals surface area contributed by atoms with Crippen LogP contribution in [-0.4, -0.2) is 22.8 Å². The SMILES string of the molecule is Cc1cccc2c1N(c1ccc(N)cc1)C(=O)N(C1CC(C)(C)CC(C)(C)C1)N=C2C1CCCCC1. The van der Waals surface area contributed by atoms with E-state index >= 15 is 0 Å². The number of anilines is 3. The number of nitrogen functional groups attached to an aromatic ring is 1. The van der Waals surface area contributed by atoms with Gasteiger partial charge in [-0.1, -0.05) is 65.2 Å². The number of hydrogen-bond acceptors (Lipinski definition) is 3. The molecule has 0 spiro atoms. The first-order valence-corrected chi connectivity index (χ1v) is 13.7. The maximum absolute atomic E-state index is 14.6. The van der Waals surface area contributed by atoms with Crippen LogP contribution in [0.5, 0.6) is 0 Å². The number of hydrogen-bond donors (Lipinski definition) is 1. The second kappa shape index (κ2) is 9.24. The number of urea groups is 1. The third kappa shape index (κ3) is 4.77. The number of nitrogens with zero attached hydrogens (tertiary/aromatic N) is 3. The highest BCUT2D eigenvalue weighted by Crippen LogP contribution is 2.49. The van der Waals surface area contributed by atoms with Crippen molar-refractivity contribution >= 4 is 28.8 Å². The average molecular weight is 487 g/mol. The zero-order valence-corrected chi connectivity index (χ0v) is 22.7. The molecule has 2 aromatic carbocycles. The molecule has 0 aromatic heterocycles. The van der Waals surface area contributed by atoms with Gasteiger partial charge in [0, 0.05) is 17.2 Å². The van der Waals surface area contributed by atoms with Crippen molar-refractivity contribution in [1.82, 2.24) is 5.01 Å². The number of amides is 2. The lowest BCUT2D eigenvalue weighted by atomic mass is 9.63. The van der Waals surface area contributed by atoms with Crippen LogP contribution in [0.15, 0.2) is 47.6 Å². The van der Waals surface area contributed by atoms with E-state index < -0.39 is 0 Å². The molecule has 5 heteroatoms. The summed E-state index contributed by atoms with van der Waals surface area (Å²) in [6, 6.07) is 14.1. The topological polar surface area (TPSA) is 61.9 Å². The molecule has 0 atom stereocenters. The van der Waals surface area contributed by atoms with E-state index in [1.54, 1.807) is 0 Å². The van der Waals surface area contributed by atoms with E-state index in [2.05, 4.69) is 52.8 Å². The number of hydrazone groups is 1. The Labute approximate surface area is 216 Å². The van der Waals surface area contributed by atoms with Crippen molar-refractivity contribution in [3.63, 3.8) is 0 Å². The van der Waals surface area contributed by atoms with Crippen molar-refractivity contribution in [3.05, 3.63) is 53.6 Å². The number of para-hydroxylation sites is 1. The van der Waals surface area contributed by atoms with Crippen molar-refractivity contribution < 1.29 is 4.79 Å². The molecule has 2 saturated carbocycles. The number of rotatable bonds is 3. The summed E-state index contributed by atoms with van der Waals surface area (Å²) >= 11 is 0. The molecule has 2 fully saturated rings. The molecular formula is C31H42N4O. The van der Waals surface area contributed by atoms with Gasteiger partial charge in [-0.2, -0.15) is 5.10 Å². The molecule has 0 radical (unpaired) electrons. The number of fused-ring (bicyclic) bond motifs is 1. The van der Waals surface area contributed by atoms with Gasteiger partial charge in [0.05, 0.1) is 23.1 Å². The molecule has 1 heterocycles. The van der Waals surface area contributed by atoms with Crippen LogP contribution in [0, 0.1) is 23.7 Å². The van der Waals surface area contributed by atoms with Gasteiger partial charge in [-0.05, 0) is 79.7 Å². The summed E-state index contributed by atoms with van der Waals surface area (Å²) in [5.74, 6) is 0.380. The van der Waals surface area contributed by atoms with Crippen molar-refractivity contribution in [3.8, 4) is 0 Å². The van der Waals surface area contributed by atoms with Crippen molar-refractivity contribution in [1.29, 1.82) is 0 Å². The van der Waals surface area contributed by atoms with Crippen molar-refractivity contribution in [2.75, 3.05) is 10.6 Å². The van der Waals surface area contributed by atoms with Gasteiger partial charge in [0.2, 0.25) is 0 Å². The molecule has 5 rings (SSSR count). The van der Waals surface area contributed by atoms with E-state index in [0.717, 1.165) is 60.3 Å². The van der Waals surface area contributed by atoms with Crippen LogP contribution in [0.1, 0.15) is 90.2 Å². The van der Waals surface area contributed by atoms with E-state index in [9.17, 15) is 4.79 Å². The van der Waals surface area contributed by atoms with Gasteiger partial charge in [0.25, 0.3) is 0 Å². The van der Waals surface area contributed by atoms with Gasteiger partial charge in [-0.3, -0.25) is 4.90 Å². The fourth-order valence-electron chi connectivity index (χ4n) is 7.31. The molecule has 36 heavy (non-hydrogen) atoms. The second-order valence-electron chi connectivity index (χ2n) is 12.9. The maximum atomic E-state index is 14.6. The Balaban J connectivity index is 1.70. The minimum atomic E-state index is -0.0559. The Morgan fingerprint density at radius 1 is 0.917 bits per heavy atom. The summed E-state index contributed by atoms with van der Waals surface area (Å²) in [5, 5.41) is 7.22. The quantitative estimate of drug-likeness (QED) is 0.446. The summed E-state index contributed by atoms with van der Waals surface area (Å²) in [6.07, 6.45) is 9.07. The summed E-state index contributed by atoms with van der Waals surface area (Å²) in [4.78, 5) is 16.5. The third-order valence-corrected chi connectivity index (χ3v) is 8.36. The zero-order valence-electron chi connectivity index (χ0n) is 22.7. The molecule has 2 aromatic rings. The van der Waals surface area contributed by atoms with Crippen LogP contribution in [0.4, 0.5) is 21.9 Å². The lowest BCUT2D eigenvalue weighted by molar-refractivity contribution is 0.0423. The number of nitrogens with two attached hydrogens (primary N) is 1. The highest BCUT2D eigenvalue weighted by Gasteiger charge is 2.45. The summed E-state index contributed by atoms with van der Waals surface area (Å²) in [6.45, 7) is 11.5. The van der Waals surface area contributed by atoms with Gasteiger partial charge in [-0.25, -0.2) is 9.80 Å². The largest absolute Gasteiger partial charge is 0.399 e. The summed E-state index contributed by atoms with van der Waals surface area (Å²) in [5.41, 5.74) is 12.1. The molecule has 0 unspecified atom stereocenters.